The highest BCUT2D eigenvalue weighted by molar-refractivity contribution is 6.34. The molecule has 0 aliphatic rings. The number of nitrogens with zero attached hydrogens (tertiary/aromatic N) is 5. The topological polar surface area (TPSA) is 82.5 Å². The first-order valence-corrected chi connectivity index (χ1v) is 7.45. The zero-order chi connectivity index (χ0) is 15.9. The normalized spacial score (nSPS) is 11.5. The van der Waals surface area contributed by atoms with E-state index in [1.54, 1.807) is 10.9 Å². The Balaban J connectivity index is 2.18. The number of fused-ring (bicyclic) bond motifs is 1. The Kier molecular flexibility index (Phi) is 3.70. The van der Waals surface area contributed by atoms with Crippen molar-refractivity contribution in [1.29, 1.82) is 0 Å². The second kappa shape index (κ2) is 5.53. The number of anilines is 1. The Morgan fingerprint density at radius 3 is 2.77 bits per heavy atom. The van der Waals surface area contributed by atoms with Gasteiger partial charge in [0.25, 0.3) is 0 Å². The van der Waals surface area contributed by atoms with Crippen LogP contribution in [0.3, 0.4) is 0 Å². The number of aryl methyl sites for hydroxylation is 1. The summed E-state index contributed by atoms with van der Waals surface area (Å²) in [6.07, 6.45) is 1.66. The van der Waals surface area contributed by atoms with Crippen molar-refractivity contribution in [3.05, 3.63) is 40.6 Å². The Labute approximate surface area is 133 Å². The third-order valence-electron chi connectivity index (χ3n) is 3.48. The van der Waals surface area contributed by atoms with Crippen LogP contribution >= 0.6 is 11.6 Å². The van der Waals surface area contributed by atoms with E-state index in [9.17, 15) is 0 Å². The van der Waals surface area contributed by atoms with Gasteiger partial charge in [-0.3, -0.25) is 0 Å². The molecule has 0 atom stereocenters. The summed E-state index contributed by atoms with van der Waals surface area (Å²) in [4.78, 5) is 13.1. The highest BCUT2D eigenvalue weighted by Gasteiger charge is 2.19. The lowest BCUT2D eigenvalue weighted by molar-refractivity contribution is 0.701. The molecule has 22 heavy (non-hydrogen) atoms. The molecular weight excluding hydrogens is 300 g/mol. The van der Waals surface area contributed by atoms with Crippen LogP contribution < -0.4 is 5.73 Å². The van der Waals surface area contributed by atoms with Crippen LogP contribution in [0, 0.1) is 6.92 Å². The highest BCUT2D eigenvalue weighted by Crippen LogP contribution is 2.29. The fraction of sp³-hybridized carbons (Fsp3) is 0.333. The predicted octanol–water partition coefficient (Wildman–Crippen LogP) is 2.94. The minimum Gasteiger partial charge on any atom is -0.383 e. The van der Waals surface area contributed by atoms with Gasteiger partial charge in [-0.1, -0.05) is 31.5 Å². The fourth-order valence-corrected chi connectivity index (χ4v) is 2.71. The molecule has 2 N–H and O–H groups in total. The Hall–Kier alpha value is -2.21. The van der Waals surface area contributed by atoms with Crippen molar-refractivity contribution in [2.75, 3.05) is 5.73 Å². The summed E-state index contributed by atoms with van der Waals surface area (Å²) in [5.74, 6) is 1.42. The number of pyridine rings is 1. The number of nitrogens with two attached hydrogens (primary N) is 1. The summed E-state index contributed by atoms with van der Waals surface area (Å²) in [5.41, 5.74) is 8.43. The van der Waals surface area contributed by atoms with Gasteiger partial charge in [0.05, 0.1) is 17.6 Å². The zero-order valence-electron chi connectivity index (χ0n) is 12.7. The van der Waals surface area contributed by atoms with Crippen molar-refractivity contribution in [1.82, 2.24) is 24.7 Å². The monoisotopic (exact) mass is 316 g/mol. The molecule has 6 nitrogen and oxygen atoms in total. The van der Waals surface area contributed by atoms with E-state index in [4.69, 9.17) is 17.3 Å². The van der Waals surface area contributed by atoms with Crippen molar-refractivity contribution >= 4 is 28.5 Å². The number of hydrogen-bond donors (Lipinski definition) is 1. The zero-order valence-corrected chi connectivity index (χ0v) is 13.5. The number of hydrogen-bond acceptors (Lipinski definition) is 5. The van der Waals surface area contributed by atoms with Gasteiger partial charge in [-0.25, -0.2) is 19.6 Å². The van der Waals surface area contributed by atoms with Gasteiger partial charge in [-0.05, 0) is 18.9 Å². The van der Waals surface area contributed by atoms with Gasteiger partial charge in [-0.15, -0.1) is 0 Å². The molecule has 3 heterocycles. The van der Waals surface area contributed by atoms with Crippen LogP contribution in [0.15, 0.2) is 18.3 Å². The second-order valence-corrected chi connectivity index (χ2v) is 5.86. The summed E-state index contributed by atoms with van der Waals surface area (Å²) >= 11 is 6.33. The molecular formula is C15H17ClN6. The largest absolute Gasteiger partial charge is 0.383 e. The number of nitrogen functional groups attached to an aromatic ring is 1. The molecule has 3 rings (SSSR count). The Bertz CT molecular complexity index is 839. The van der Waals surface area contributed by atoms with Crippen molar-refractivity contribution in [3.63, 3.8) is 0 Å². The van der Waals surface area contributed by atoms with Gasteiger partial charge in [0.15, 0.2) is 10.8 Å². The van der Waals surface area contributed by atoms with E-state index >= 15 is 0 Å². The smallest absolute Gasteiger partial charge is 0.163 e. The standard InChI is InChI=1S/C15H17ClN6/c1-8(2)12-11-13(16)21-22(15(11)20-9(3)19-12)7-10-5-4-6-18-14(10)17/h4-6,8H,7H2,1-3H3,(H2,17,18). The average molecular weight is 317 g/mol. The maximum absolute atomic E-state index is 6.33. The van der Waals surface area contributed by atoms with Crippen molar-refractivity contribution < 1.29 is 0 Å². The van der Waals surface area contributed by atoms with Crippen LogP contribution in [-0.2, 0) is 6.54 Å². The first kappa shape index (κ1) is 14.7. The van der Waals surface area contributed by atoms with E-state index in [0.717, 1.165) is 22.3 Å². The van der Waals surface area contributed by atoms with Crippen molar-refractivity contribution in [2.24, 2.45) is 0 Å². The molecule has 0 aliphatic carbocycles. The van der Waals surface area contributed by atoms with Crippen LogP contribution in [-0.4, -0.2) is 24.7 Å². The van der Waals surface area contributed by atoms with Crippen LogP contribution in [0.4, 0.5) is 5.82 Å². The molecule has 0 spiro atoms. The molecule has 3 aromatic rings. The number of halogens is 1. The van der Waals surface area contributed by atoms with Gasteiger partial charge < -0.3 is 5.73 Å². The molecule has 0 radical (unpaired) electrons. The van der Waals surface area contributed by atoms with Gasteiger partial charge in [0.2, 0.25) is 0 Å². The van der Waals surface area contributed by atoms with Crippen LogP contribution in [0.25, 0.3) is 11.0 Å². The fourth-order valence-electron chi connectivity index (χ4n) is 2.44. The second-order valence-electron chi connectivity index (χ2n) is 5.51. The number of aromatic nitrogens is 5. The van der Waals surface area contributed by atoms with Gasteiger partial charge >= 0.3 is 0 Å². The van der Waals surface area contributed by atoms with E-state index < -0.39 is 0 Å². The van der Waals surface area contributed by atoms with Crippen LogP contribution in [0.2, 0.25) is 5.15 Å². The van der Waals surface area contributed by atoms with Gasteiger partial charge in [-0.2, -0.15) is 5.10 Å². The first-order chi connectivity index (χ1) is 10.5. The molecule has 0 saturated heterocycles. The maximum Gasteiger partial charge on any atom is 0.163 e. The van der Waals surface area contributed by atoms with E-state index in [2.05, 4.69) is 33.9 Å². The van der Waals surface area contributed by atoms with Crippen molar-refractivity contribution in [3.8, 4) is 0 Å². The molecule has 0 saturated carbocycles. The Morgan fingerprint density at radius 2 is 2.09 bits per heavy atom. The van der Waals surface area contributed by atoms with E-state index in [1.807, 2.05) is 19.1 Å². The molecule has 0 aliphatic heterocycles. The van der Waals surface area contributed by atoms with E-state index in [1.165, 1.54) is 0 Å². The molecule has 114 valence electrons. The summed E-state index contributed by atoms with van der Waals surface area (Å²) in [5, 5.41) is 5.63. The van der Waals surface area contributed by atoms with E-state index in [0.29, 0.717) is 23.3 Å². The Morgan fingerprint density at radius 1 is 1.32 bits per heavy atom. The highest BCUT2D eigenvalue weighted by atomic mass is 35.5. The van der Waals surface area contributed by atoms with Gasteiger partial charge in [0, 0.05) is 11.8 Å². The molecule has 0 fully saturated rings. The lowest BCUT2D eigenvalue weighted by Gasteiger charge is -2.09. The van der Waals surface area contributed by atoms with Crippen LogP contribution in [0.1, 0.15) is 36.8 Å². The predicted molar refractivity (Wildman–Crippen MR) is 86.9 cm³/mol. The SMILES string of the molecule is Cc1nc(C(C)C)c2c(Cl)nn(Cc3cccnc3N)c2n1. The lowest BCUT2D eigenvalue weighted by Crippen LogP contribution is -2.07. The number of rotatable bonds is 3. The quantitative estimate of drug-likeness (QED) is 0.803. The first-order valence-electron chi connectivity index (χ1n) is 7.07. The van der Waals surface area contributed by atoms with Gasteiger partial charge in [0.1, 0.15) is 11.6 Å². The third-order valence-corrected chi connectivity index (χ3v) is 3.75. The molecule has 7 heteroatoms. The lowest BCUT2D eigenvalue weighted by atomic mass is 10.1. The molecule has 0 unspecified atom stereocenters. The van der Waals surface area contributed by atoms with Crippen LogP contribution in [0.5, 0.6) is 0 Å². The summed E-state index contributed by atoms with van der Waals surface area (Å²) in [6, 6.07) is 3.76. The molecule has 0 aromatic carbocycles. The molecule has 3 aromatic heterocycles. The summed E-state index contributed by atoms with van der Waals surface area (Å²) < 4.78 is 1.76. The summed E-state index contributed by atoms with van der Waals surface area (Å²) in [7, 11) is 0. The minimum atomic E-state index is 0.239. The maximum atomic E-state index is 6.33. The minimum absolute atomic E-state index is 0.239. The van der Waals surface area contributed by atoms with Crippen molar-refractivity contribution in [2.45, 2.75) is 33.2 Å². The molecule has 0 amide bonds. The third kappa shape index (κ3) is 2.50. The summed E-state index contributed by atoms with van der Waals surface area (Å²) in [6.45, 7) is 6.49. The average Bonchev–Trinajstić information content (AvgIpc) is 2.77. The molecule has 0 bridgehead atoms. The van der Waals surface area contributed by atoms with E-state index in [-0.39, 0.29) is 5.92 Å².